The molecule has 4 N–H and O–H groups in total. The van der Waals surface area contributed by atoms with Crippen LogP contribution in [-0.4, -0.2) is 34.7 Å². The number of amides is 1. The summed E-state index contributed by atoms with van der Waals surface area (Å²) in [6, 6.07) is 0. The molecule has 1 heterocycles. The molecule has 0 unspecified atom stereocenters. The van der Waals surface area contributed by atoms with Crippen molar-refractivity contribution in [1.29, 1.82) is 0 Å². The molecule has 1 amide bonds. The molecule has 0 saturated carbocycles. The zero-order valence-corrected chi connectivity index (χ0v) is 11.0. The predicted molar refractivity (Wildman–Crippen MR) is 68.1 cm³/mol. The van der Waals surface area contributed by atoms with E-state index in [9.17, 15) is 4.79 Å². The lowest BCUT2D eigenvalue weighted by Crippen LogP contribution is -2.44. The monoisotopic (exact) mass is 257 g/mol. The minimum atomic E-state index is -0.427. The second-order valence-electron chi connectivity index (χ2n) is 4.48. The van der Waals surface area contributed by atoms with Gasteiger partial charge in [-0.1, -0.05) is 0 Å². The minimum Gasteiger partial charge on any atom is -0.396 e. The van der Waals surface area contributed by atoms with Gasteiger partial charge in [0.25, 0.3) is 5.91 Å². The van der Waals surface area contributed by atoms with Crippen LogP contribution in [0.15, 0.2) is 5.38 Å². The van der Waals surface area contributed by atoms with Crippen molar-refractivity contribution in [2.24, 2.45) is 5.73 Å². The second kappa shape index (κ2) is 6.09. The van der Waals surface area contributed by atoms with Crippen molar-refractivity contribution in [2.75, 3.05) is 13.2 Å². The Kier molecular flexibility index (Phi) is 5.04. The highest BCUT2D eigenvalue weighted by Gasteiger charge is 2.21. The molecule has 17 heavy (non-hydrogen) atoms. The first kappa shape index (κ1) is 14.1. The van der Waals surface area contributed by atoms with Crippen LogP contribution in [0.3, 0.4) is 0 Å². The maximum absolute atomic E-state index is 11.9. The molecule has 0 atom stereocenters. The summed E-state index contributed by atoms with van der Waals surface area (Å²) in [5.74, 6) is -0.206. The van der Waals surface area contributed by atoms with Crippen LogP contribution < -0.4 is 11.1 Å². The summed E-state index contributed by atoms with van der Waals surface area (Å²) < 4.78 is 0. The first-order valence-electron chi connectivity index (χ1n) is 5.56. The van der Waals surface area contributed by atoms with Crippen molar-refractivity contribution in [1.82, 2.24) is 10.3 Å². The number of nitrogens with two attached hydrogens (primary N) is 1. The Bertz CT molecular complexity index is 377. The van der Waals surface area contributed by atoms with Crippen molar-refractivity contribution in [3.63, 3.8) is 0 Å². The fraction of sp³-hybridized carbons (Fsp3) is 0.636. The second-order valence-corrected chi connectivity index (χ2v) is 5.42. The number of carbonyl (C=O) groups is 1. The third kappa shape index (κ3) is 4.41. The lowest BCUT2D eigenvalue weighted by molar-refractivity contribution is 0.0895. The molecule has 0 aliphatic rings. The molecule has 0 aromatic carbocycles. The summed E-state index contributed by atoms with van der Waals surface area (Å²) in [6.45, 7) is 4.32. The fourth-order valence-electron chi connectivity index (χ4n) is 1.37. The third-order valence-corrected chi connectivity index (χ3v) is 3.24. The van der Waals surface area contributed by atoms with E-state index in [0.29, 0.717) is 25.1 Å². The molecule has 0 aliphatic heterocycles. The number of aromatic nitrogens is 1. The maximum atomic E-state index is 11.9. The van der Waals surface area contributed by atoms with Crippen LogP contribution in [0, 0.1) is 0 Å². The summed E-state index contributed by atoms with van der Waals surface area (Å²) in [5, 5.41) is 14.3. The Morgan fingerprint density at radius 3 is 2.94 bits per heavy atom. The number of aliphatic hydroxyl groups is 1. The van der Waals surface area contributed by atoms with Gasteiger partial charge in [0.15, 0.2) is 0 Å². The highest BCUT2D eigenvalue weighted by Crippen LogP contribution is 2.13. The highest BCUT2D eigenvalue weighted by atomic mass is 32.1. The van der Waals surface area contributed by atoms with Crippen LogP contribution in [0.1, 0.15) is 35.8 Å². The zero-order valence-electron chi connectivity index (χ0n) is 10.2. The van der Waals surface area contributed by atoms with Gasteiger partial charge in [-0.3, -0.25) is 4.79 Å². The van der Waals surface area contributed by atoms with E-state index in [1.54, 1.807) is 5.38 Å². The van der Waals surface area contributed by atoms with E-state index in [1.165, 1.54) is 11.3 Å². The van der Waals surface area contributed by atoms with E-state index in [4.69, 9.17) is 10.8 Å². The van der Waals surface area contributed by atoms with E-state index in [-0.39, 0.29) is 12.5 Å². The van der Waals surface area contributed by atoms with Crippen LogP contribution in [0.5, 0.6) is 0 Å². The summed E-state index contributed by atoms with van der Waals surface area (Å²) in [7, 11) is 0. The first-order chi connectivity index (χ1) is 7.98. The van der Waals surface area contributed by atoms with Gasteiger partial charge in [0.05, 0.1) is 5.01 Å². The Morgan fingerprint density at radius 1 is 1.65 bits per heavy atom. The van der Waals surface area contributed by atoms with Gasteiger partial charge in [0.1, 0.15) is 5.69 Å². The highest BCUT2D eigenvalue weighted by molar-refractivity contribution is 7.09. The van der Waals surface area contributed by atoms with Gasteiger partial charge < -0.3 is 16.2 Å². The molecule has 5 nitrogen and oxygen atoms in total. The van der Waals surface area contributed by atoms with E-state index in [0.717, 1.165) is 5.01 Å². The summed E-state index contributed by atoms with van der Waals surface area (Å²) in [4.78, 5) is 16.1. The van der Waals surface area contributed by atoms with E-state index in [2.05, 4.69) is 10.3 Å². The van der Waals surface area contributed by atoms with Crippen molar-refractivity contribution >= 4 is 17.2 Å². The van der Waals surface area contributed by atoms with Gasteiger partial charge in [-0.25, -0.2) is 4.98 Å². The van der Waals surface area contributed by atoms with E-state index < -0.39 is 5.54 Å². The van der Waals surface area contributed by atoms with Gasteiger partial charge in [-0.2, -0.15) is 0 Å². The number of thiazole rings is 1. The Balaban J connectivity index is 2.63. The van der Waals surface area contributed by atoms with Gasteiger partial charge in [-0.15, -0.1) is 11.3 Å². The number of nitrogens with one attached hydrogen (secondary N) is 1. The number of rotatable bonds is 6. The molecular weight excluding hydrogens is 238 g/mol. The quantitative estimate of drug-likeness (QED) is 0.694. The van der Waals surface area contributed by atoms with Crippen LogP contribution in [0.2, 0.25) is 0 Å². The molecular formula is C11H19N3O2S. The number of hydrogen-bond donors (Lipinski definition) is 3. The third-order valence-electron chi connectivity index (χ3n) is 2.33. The van der Waals surface area contributed by atoms with E-state index >= 15 is 0 Å². The molecule has 1 aromatic rings. The number of carbonyl (C=O) groups excluding carboxylic acids is 1. The number of hydrogen-bond acceptors (Lipinski definition) is 5. The smallest absolute Gasteiger partial charge is 0.271 e. The number of aliphatic hydroxyl groups excluding tert-OH is 1. The van der Waals surface area contributed by atoms with Gasteiger partial charge in [0.2, 0.25) is 0 Å². The van der Waals surface area contributed by atoms with Crippen molar-refractivity contribution in [2.45, 2.75) is 32.2 Å². The van der Waals surface area contributed by atoms with Crippen LogP contribution in [0.4, 0.5) is 0 Å². The summed E-state index contributed by atoms with van der Waals surface area (Å²) >= 11 is 1.44. The number of nitrogens with zero attached hydrogens (tertiary/aromatic N) is 1. The van der Waals surface area contributed by atoms with Gasteiger partial charge >= 0.3 is 0 Å². The molecule has 1 aromatic heterocycles. The maximum Gasteiger partial charge on any atom is 0.271 e. The van der Waals surface area contributed by atoms with Crippen molar-refractivity contribution in [3.8, 4) is 0 Å². The Hall–Kier alpha value is -0.980. The van der Waals surface area contributed by atoms with Crippen molar-refractivity contribution < 1.29 is 9.90 Å². The lowest BCUT2D eigenvalue weighted by atomic mass is 10.0. The average molecular weight is 257 g/mol. The normalized spacial score (nSPS) is 11.5. The molecule has 0 saturated heterocycles. The standard InChI is InChI=1S/C11H19N3O2S/c1-11(2,4-6-15)14-10(16)8-7-17-9(13-8)3-5-12/h7,15H,3-6,12H2,1-2H3,(H,14,16). The molecule has 0 radical (unpaired) electrons. The largest absolute Gasteiger partial charge is 0.396 e. The average Bonchev–Trinajstić information content (AvgIpc) is 2.66. The topological polar surface area (TPSA) is 88.2 Å². The molecule has 0 fully saturated rings. The molecule has 96 valence electrons. The Labute approximate surface area is 105 Å². The first-order valence-corrected chi connectivity index (χ1v) is 6.44. The molecule has 0 aliphatic carbocycles. The summed E-state index contributed by atoms with van der Waals surface area (Å²) in [5.41, 5.74) is 5.42. The Morgan fingerprint density at radius 2 is 2.35 bits per heavy atom. The lowest BCUT2D eigenvalue weighted by Gasteiger charge is -2.24. The SMILES string of the molecule is CC(C)(CCO)NC(=O)c1csc(CCN)n1. The van der Waals surface area contributed by atoms with Gasteiger partial charge in [0, 0.05) is 23.9 Å². The van der Waals surface area contributed by atoms with Gasteiger partial charge in [-0.05, 0) is 26.8 Å². The molecule has 0 spiro atoms. The molecule has 1 rings (SSSR count). The van der Waals surface area contributed by atoms with Crippen LogP contribution in [0.25, 0.3) is 0 Å². The fourth-order valence-corrected chi connectivity index (χ4v) is 2.16. The molecule has 0 bridgehead atoms. The zero-order chi connectivity index (χ0) is 12.9. The van der Waals surface area contributed by atoms with E-state index in [1.807, 2.05) is 13.8 Å². The van der Waals surface area contributed by atoms with Crippen molar-refractivity contribution in [3.05, 3.63) is 16.1 Å². The minimum absolute atomic E-state index is 0.0444. The molecule has 6 heteroatoms. The van der Waals surface area contributed by atoms with Crippen LogP contribution in [-0.2, 0) is 6.42 Å². The van der Waals surface area contributed by atoms with Crippen LogP contribution >= 0.6 is 11.3 Å². The predicted octanol–water partition coefficient (Wildman–Crippen LogP) is 0.535. The summed E-state index contributed by atoms with van der Waals surface area (Å²) in [6.07, 6.45) is 1.20.